The van der Waals surface area contributed by atoms with Crippen LogP contribution in [0, 0.1) is 0 Å². The zero-order chi connectivity index (χ0) is 13.2. The Morgan fingerprint density at radius 3 is 3.16 bits per heavy atom. The number of H-pyrrole nitrogens is 1. The fourth-order valence-electron chi connectivity index (χ4n) is 2.38. The van der Waals surface area contributed by atoms with Crippen molar-refractivity contribution in [2.45, 2.75) is 31.3 Å². The van der Waals surface area contributed by atoms with E-state index in [4.69, 9.17) is 5.73 Å². The predicted molar refractivity (Wildman–Crippen MR) is 71.7 cm³/mol. The minimum Gasteiger partial charge on any atom is -0.345 e. The Hall–Kier alpha value is -2.15. The number of aromatic nitrogens is 3. The van der Waals surface area contributed by atoms with E-state index in [1.54, 1.807) is 12.3 Å². The number of carbonyl (C=O) groups is 1. The topological polar surface area (TPSA) is 109 Å². The second-order valence-corrected chi connectivity index (χ2v) is 4.84. The van der Waals surface area contributed by atoms with Crippen LogP contribution in [0.15, 0.2) is 18.5 Å². The highest BCUT2D eigenvalue weighted by atomic mass is 16.2. The van der Waals surface area contributed by atoms with E-state index in [-0.39, 0.29) is 18.1 Å². The van der Waals surface area contributed by atoms with Crippen molar-refractivity contribution < 1.29 is 4.79 Å². The van der Waals surface area contributed by atoms with Crippen molar-refractivity contribution in [2.24, 2.45) is 5.73 Å². The smallest absolute Gasteiger partial charge is 0.320 e. The molecule has 1 saturated carbocycles. The average molecular weight is 260 g/mol. The maximum atomic E-state index is 11.8. The monoisotopic (exact) mass is 260 g/mol. The van der Waals surface area contributed by atoms with Gasteiger partial charge in [-0.15, -0.1) is 0 Å². The summed E-state index contributed by atoms with van der Waals surface area (Å²) in [7, 11) is 0. The number of fused-ring (bicyclic) bond motifs is 1. The Morgan fingerprint density at radius 1 is 1.47 bits per heavy atom. The molecule has 0 aliphatic heterocycles. The van der Waals surface area contributed by atoms with Gasteiger partial charge in [0.1, 0.15) is 5.52 Å². The summed E-state index contributed by atoms with van der Waals surface area (Å²) in [6.07, 6.45) is 6.00. The maximum Gasteiger partial charge on any atom is 0.320 e. The number of carbonyl (C=O) groups excluding carboxylic acids is 1. The first-order valence-corrected chi connectivity index (χ1v) is 6.34. The van der Waals surface area contributed by atoms with E-state index in [1.807, 2.05) is 0 Å². The van der Waals surface area contributed by atoms with Gasteiger partial charge in [0.2, 0.25) is 0 Å². The number of amides is 2. The molecule has 2 amide bonds. The van der Waals surface area contributed by atoms with Crippen LogP contribution >= 0.6 is 0 Å². The van der Waals surface area contributed by atoms with E-state index >= 15 is 0 Å². The molecule has 100 valence electrons. The highest BCUT2D eigenvalue weighted by molar-refractivity contribution is 5.89. The number of aromatic amines is 1. The number of hydrogen-bond donors (Lipinski definition) is 4. The molecule has 19 heavy (non-hydrogen) atoms. The number of hydrogen-bond acceptors (Lipinski definition) is 4. The number of nitrogens with two attached hydrogens (primary N) is 1. The highest BCUT2D eigenvalue weighted by Crippen LogP contribution is 2.17. The molecule has 1 aliphatic rings. The molecule has 0 spiro atoms. The molecule has 7 nitrogen and oxygen atoms in total. The lowest BCUT2D eigenvalue weighted by Gasteiger charge is -2.12. The van der Waals surface area contributed by atoms with Gasteiger partial charge in [0.25, 0.3) is 0 Å². The van der Waals surface area contributed by atoms with Gasteiger partial charge in [0, 0.05) is 18.3 Å². The van der Waals surface area contributed by atoms with Crippen LogP contribution < -0.4 is 16.4 Å². The summed E-state index contributed by atoms with van der Waals surface area (Å²) in [5.41, 5.74) is 7.23. The van der Waals surface area contributed by atoms with Crippen molar-refractivity contribution in [2.75, 3.05) is 5.32 Å². The molecule has 0 bridgehead atoms. The molecule has 1 aliphatic carbocycles. The second-order valence-electron chi connectivity index (χ2n) is 4.84. The minimum absolute atomic E-state index is 0.152. The maximum absolute atomic E-state index is 11.8. The first kappa shape index (κ1) is 11.9. The third-order valence-electron chi connectivity index (χ3n) is 3.31. The van der Waals surface area contributed by atoms with Gasteiger partial charge in [-0.1, -0.05) is 0 Å². The van der Waals surface area contributed by atoms with Crippen molar-refractivity contribution in [3.8, 4) is 0 Å². The molecule has 2 unspecified atom stereocenters. The molecular weight excluding hydrogens is 244 g/mol. The van der Waals surface area contributed by atoms with Crippen LogP contribution in [-0.2, 0) is 0 Å². The Morgan fingerprint density at radius 2 is 2.37 bits per heavy atom. The first-order chi connectivity index (χ1) is 9.20. The van der Waals surface area contributed by atoms with Gasteiger partial charge >= 0.3 is 6.03 Å². The second kappa shape index (κ2) is 4.85. The van der Waals surface area contributed by atoms with E-state index < -0.39 is 0 Å². The molecule has 2 aromatic rings. The van der Waals surface area contributed by atoms with Crippen LogP contribution in [0.1, 0.15) is 19.3 Å². The summed E-state index contributed by atoms with van der Waals surface area (Å²) >= 11 is 0. The zero-order valence-electron chi connectivity index (χ0n) is 10.4. The van der Waals surface area contributed by atoms with Crippen LogP contribution in [0.25, 0.3) is 11.2 Å². The highest BCUT2D eigenvalue weighted by Gasteiger charge is 2.23. The van der Waals surface area contributed by atoms with Gasteiger partial charge in [0.05, 0.1) is 6.20 Å². The molecule has 5 N–H and O–H groups in total. The Kier molecular flexibility index (Phi) is 3.04. The molecule has 7 heteroatoms. The van der Waals surface area contributed by atoms with Gasteiger partial charge in [-0.2, -0.15) is 0 Å². The molecule has 3 rings (SSSR count). The summed E-state index contributed by atoms with van der Waals surface area (Å²) in [6.45, 7) is 0. The van der Waals surface area contributed by atoms with Crippen molar-refractivity contribution in [3.63, 3.8) is 0 Å². The summed E-state index contributed by atoms with van der Waals surface area (Å²) in [6, 6.07) is 1.89. The summed E-state index contributed by atoms with van der Waals surface area (Å²) in [5, 5.41) is 5.58. The normalized spacial score (nSPS) is 22.6. The van der Waals surface area contributed by atoms with Crippen molar-refractivity contribution in [1.82, 2.24) is 20.3 Å². The van der Waals surface area contributed by atoms with Crippen molar-refractivity contribution >= 4 is 23.0 Å². The van der Waals surface area contributed by atoms with E-state index in [1.165, 1.54) is 6.20 Å². The fraction of sp³-hybridized carbons (Fsp3) is 0.417. The third kappa shape index (κ3) is 2.65. The molecule has 2 atom stereocenters. The number of nitrogens with one attached hydrogen (secondary N) is 3. The van der Waals surface area contributed by atoms with Crippen molar-refractivity contribution in [3.05, 3.63) is 18.5 Å². The lowest BCUT2D eigenvalue weighted by atomic mass is 10.2. The summed E-state index contributed by atoms with van der Waals surface area (Å²) < 4.78 is 0. The fourth-order valence-corrected chi connectivity index (χ4v) is 2.38. The molecule has 0 saturated heterocycles. The quantitative estimate of drug-likeness (QED) is 0.644. The number of anilines is 1. The third-order valence-corrected chi connectivity index (χ3v) is 3.31. The predicted octanol–water partition coefficient (Wildman–Crippen LogP) is 0.959. The minimum atomic E-state index is -0.261. The number of urea groups is 1. The van der Waals surface area contributed by atoms with Crippen molar-refractivity contribution in [1.29, 1.82) is 0 Å². The van der Waals surface area contributed by atoms with Crippen LogP contribution in [-0.4, -0.2) is 33.1 Å². The van der Waals surface area contributed by atoms with Crippen LogP contribution in [0.4, 0.5) is 10.6 Å². The Bertz CT molecular complexity index is 595. The van der Waals surface area contributed by atoms with E-state index in [0.717, 1.165) is 24.8 Å². The number of nitrogens with zero attached hydrogens (tertiary/aromatic N) is 2. The van der Waals surface area contributed by atoms with Gasteiger partial charge < -0.3 is 16.0 Å². The van der Waals surface area contributed by atoms with E-state index in [0.29, 0.717) is 11.5 Å². The van der Waals surface area contributed by atoms with Crippen LogP contribution in [0.3, 0.4) is 0 Å². The molecule has 0 aromatic carbocycles. The Balaban J connectivity index is 1.62. The Labute approximate surface area is 110 Å². The van der Waals surface area contributed by atoms with Crippen LogP contribution in [0.2, 0.25) is 0 Å². The first-order valence-electron chi connectivity index (χ1n) is 6.34. The lowest BCUT2D eigenvalue weighted by Crippen LogP contribution is -2.37. The van der Waals surface area contributed by atoms with E-state index in [2.05, 4.69) is 25.6 Å². The van der Waals surface area contributed by atoms with Crippen LogP contribution in [0.5, 0.6) is 0 Å². The van der Waals surface area contributed by atoms with Gasteiger partial charge in [-0.3, -0.25) is 5.32 Å². The molecule has 1 fully saturated rings. The SMILES string of the molecule is NC1CCC(NC(=O)Nc2cnc3[nH]ccc3n2)C1. The van der Waals surface area contributed by atoms with Gasteiger partial charge in [-0.05, 0) is 25.3 Å². The molecule has 2 heterocycles. The van der Waals surface area contributed by atoms with Gasteiger partial charge in [0.15, 0.2) is 11.5 Å². The zero-order valence-corrected chi connectivity index (χ0v) is 10.4. The summed E-state index contributed by atoms with van der Waals surface area (Å²) in [5.74, 6) is 0.437. The average Bonchev–Trinajstić information content (AvgIpc) is 2.97. The molecule has 0 radical (unpaired) electrons. The largest absolute Gasteiger partial charge is 0.345 e. The number of rotatable bonds is 2. The summed E-state index contributed by atoms with van der Waals surface area (Å²) in [4.78, 5) is 23.2. The van der Waals surface area contributed by atoms with E-state index in [9.17, 15) is 4.79 Å². The molecule has 2 aromatic heterocycles. The standard InChI is InChI=1S/C12H16N6O/c13-7-1-2-8(5-7)16-12(19)18-10-6-15-11-9(17-10)3-4-14-11/h3-4,6-8H,1-2,5,13H2,(H,14,15)(H2,16,17,18,19). The molecular formula is C12H16N6O. The van der Waals surface area contributed by atoms with Gasteiger partial charge in [-0.25, -0.2) is 14.8 Å². The lowest BCUT2D eigenvalue weighted by molar-refractivity contribution is 0.248.